The van der Waals surface area contributed by atoms with Crippen LogP contribution >= 0.6 is 23.2 Å². The van der Waals surface area contributed by atoms with Gasteiger partial charge in [-0.05, 0) is 30.3 Å². The van der Waals surface area contributed by atoms with Gasteiger partial charge in [0.2, 0.25) is 0 Å². The molecule has 2 rings (SSSR count). The predicted molar refractivity (Wildman–Crippen MR) is 68.7 cm³/mol. The summed E-state index contributed by atoms with van der Waals surface area (Å²) in [6.45, 7) is 0. The second-order valence-corrected chi connectivity index (χ2v) is 4.17. The van der Waals surface area contributed by atoms with E-state index in [1.807, 2.05) is 6.07 Å². The fourth-order valence-corrected chi connectivity index (χ4v) is 1.90. The fraction of sp³-hybridized carbons (Fsp3) is 0. The van der Waals surface area contributed by atoms with Gasteiger partial charge in [-0.15, -0.1) is 0 Å². The number of hydrogen-bond acceptors (Lipinski definition) is 3. The molecule has 0 spiro atoms. The molecule has 0 amide bonds. The molecule has 5 heteroatoms. The molecule has 3 nitrogen and oxygen atoms in total. The van der Waals surface area contributed by atoms with Crippen molar-refractivity contribution in [2.45, 2.75) is 0 Å². The van der Waals surface area contributed by atoms with Crippen LogP contribution in [0.3, 0.4) is 0 Å². The van der Waals surface area contributed by atoms with Crippen LogP contribution in [0.5, 0.6) is 0 Å². The molecule has 0 aliphatic heterocycles. The van der Waals surface area contributed by atoms with E-state index in [9.17, 15) is 0 Å². The zero-order valence-corrected chi connectivity index (χ0v) is 10.1. The molecule has 0 unspecified atom stereocenters. The molecule has 17 heavy (non-hydrogen) atoms. The Morgan fingerprint density at radius 2 is 1.88 bits per heavy atom. The molecule has 0 saturated carbocycles. The number of rotatable bonds is 2. The van der Waals surface area contributed by atoms with Crippen molar-refractivity contribution < 1.29 is 0 Å². The molecule has 84 valence electrons. The number of nitrogens with one attached hydrogen (secondary N) is 1. The first-order chi connectivity index (χ1) is 8.19. The minimum absolute atomic E-state index is 0.323. The molecule has 1 aromatic heterocycles. The van der Waals surface area contributed by atoms with Gasteiger partial charge in [0.1, 0.15) is 6.07 Å². The monoisotopic (exact) mass is 263 g/mol. The van der Waals surface area contributed by atoms with Gasteiger partial charge in [-0.2, -0.15) is 5.26 Å². The molecule has 1 aromatic carbocycles. The number of nitrogens with zero attached hydrogens (tertiary/aromatic N) is 2. The van der Waals surface area contributed by atoms with Gasteiger partial charge in [0.15, 0.2) is 5.69 Å². The van der Waals surface area contributed by atoms with Crippen molar-refractivity contribution in [2.75, 3.05) is 5.32 Å². The first-order valence-corrected chi connectivity index (χ1v) is 5.53. The first-order valence-electron chi connectivity index (χ1n) is 4.77. The standard InChI is InChI=1S/C12H7Cl2N3/c13-8-4-9(14)6-10(5-8)17-11-2-1-3-16-12(11)7-15/h1-6,17H. The third kappa shape index (κ3) is 2.88. The highest BCUT2D eigenvalue weighted by Gasteiger charge is 2.03. The third-order valence-corrected chi connectivity index (χ3v) is 2.49. The number of nitriles is 1. The average Bonchev–Trinajstić information content (AvgIpc) is 2.28. The highest BCUT2D eigenvalue weighted by molar-refractivity contribution is 6.35. The summed E-state index contributed by atoms with van der Waals surface area (Å²) in [5.41, 5.74) is 1.66. The van der Waals surface area contributed by atoms with E-state index in [-0.39, 0.29) is 0 Å². The Kier molecular flexibility index (Phi) is 3.48. The van der Waals surface area contributed by atoms with Crippen molar-refractivity contribution in [3.05, 3.63) is 52.3 Å². The maximum Gasteiger partial charge on any atom is 0.163 e. The highest BCUT2D eigenvalue weighted by atomic mass is 35.5. The smallest absolute Gasteiger partial charge is 0.163 e. The lowest BCUT2D eigenvalue weighted by Gasteiger charge is -2.08. The van der Waals surface area contributed by atoms with Crippen molar-refractivity contribution in [1.29, 1.82) is 5.26 Å². The molecule has 0 atom stereocenters. The Morgan fingerprint density at radius 3 is 2.53 bits per heavy atom. The van der Waals surface area contributed by atoms with Gasteiger partial charge >= 0.3 is 0 Å². The zero-order valence-electron chi connectivity index (χ0n) is 8.61. The number of anilines is 2. The van der Waals surface area contributed by atoms with Crippen molar-refractivity contribution >= 4 is 34.6 Å². The largest absolute Gasteiger partial charge is 0.353 e. The maximum atomic E-state index is 8.90. The van der Waals surface area contributed by atoms with Gasteiger partial charge in [-0.3, -0.25) is 0 Å². The number of halogens is 2. The van der Waals surface area contributed by atoms with E-state index < -0.39 is 0 Å². The Hall–Kier alpha value is -1.76. The minimum atomic E-state index is 0.323. The van der Waals surface area contributed by atoms with Crippen molar-refractivity contribution in [2.24, 2.45) is 0 Å². The van der Waals surface area contributed by atoms with Crippen LogP contribution in [-0.4, -0.2) is 4.98 Å². The molecular weight excluding hydrogens is 257 g/mol. The number of hydrogen-bond donors (Lipinski definition) is 1. The van der Waals surface area contributed by atoms with Crippen LogP contribution in [0.15, 0.2) is 36.5 Å². The van der Waals surface area contributed by atoms with Gasteiger partial charge in [-0.1, -0.05) is 23.2 Å². The van der Waals surface area contributed by atoms with Crippen LogP contribution in [0.2, 0.25) is 10.0 Å². The molecule has 1 heterocycles. The van der Waals surface area contributed by atoms with E-state index >= 15 is 0 Å². The summed E-state index contributed by atoms with van der Waals surface area (Å²) in [5.74, 6) is 0. The topological polar surface area (TPSA) is 48.7 Å². The van der Waals surface area contributed by atoms with E-state index in [1.165, 1.54) is 0 Å². The molecule has 1 N–H and O–H groups in total. The average molecular weight is 264 g/mol. The van der Waals surface area contributed by atoms with Crippen LogP contribution in [-0.2, 0) is 0 Å². The first kappa shape index (κ1) is 11.7. The quantitative estimate of drug-likeness (QED) is 0.891. The van der Waals surface area contributed by atoms with E-state index in [2.05, 4.69) is 10.3 Å². The maximum absolute atomic E-state index is 8.90. The van der Waals surface area contributed by atoms with Gasteiger partial charge in [0.25, 0.3) is 0 Å². The Labute approximate surface area is 109 Å². The lowest BCUT2D eigenvalue weighted by Crippen LogP contribution is -1.95. The Morgan fingerprint density at radius 1 is 1.18 bits per heavy atom. The molecule has 0 saturated heterocycles. The summed E-state index contributed by atoms with van der Waals surface area (Å²) in [4.78, 5) is 3.95. The van der Waals surface area contributed by atoms with Crippen LogP contribution in [0, 0.1) is 11.3 Å². The fourth-order valence-electron chi connectivity index (χ4n) is 1.38. The number of benzene rings is 1. The molecule has 0 radical (unpaired) electrons. The predicted octanol–water partition coefficient (Wildman–Crippen LogP) is 4.00. The zero-order chi connectivity index (χ0) is 12.3. The van der Waals surface area contributed by atoms with E-state index in [1.54, 1.807) is 36.5 Å². The molecule has 0 bridgehead atoms. The van der Waals surface area contributed by atoms with Crippen LogP contribution < -0.4 is 5.32 Å². The molecule has 0 aliphatic rings. The molecular formula is C12H7Cl2N3. The Bertz CT molecular complexity index is 570. The van der Waals surface area contributed by atoms with Gasteiger partial charge in [-0.25, -0.2) is 4.98 Å². The van der Waals surface area contributed by atoms with Gasteiger partial charge in [0, 0.05) is 21.9 Å². The van der Waals surface area contributed by atoms with E-state index in [4.69, 9.17) is 28.5 Å². The molecule has 0 aliphatic carbocycles. The number of aromatic nitrogens is 1. The number of pyridine rings is 1. The van der Waals surface area contributed by atoms with Crippen LogP contribution in [0.1, 0.15) is 5.69 Å². The summed E-state index contributed by atoms with van der Waals surface area (Å²) in [5, 5.41) is 13.0. The minimum Gasteiger partial charge on any atom is -0.353 e. The van der Waals surface area contributed by atoms with E-state index in [0.29, 0.717) is 27.1 Å². The van der Waals surface area contributed by atoms with Crippen molar-refractivity contribution in [1.82, 2.24) is 4.98 Å². The second kappa shape index (κ2) is 5.05. The summed E-state index contributed by atoms with van der Waals surface area (Å²) in [6, 6.07) is 10.6. The van der Waals surface area contributed by atoms with Gasteiger partial charge in [0.05, 0.1) is 5.69 Å². The van der Waals surface area contributed by atoms with E-state index in [0.717, 1.165) is 0 Å². The SMILES string of the molecule is N#Cc1ncccc1Nc1cc(Cl)cc(Cl)c1. The van der Waals surface area contributed by atoms with Crippen LogP contribution in [0.4, 0.5) is 11.4 Å². The Balaban J connectivity index is 2.35. The van der Waals surface area contributed by atoms with Gasteiger partial charge < -0.3 is 5.32 Å². The summed E-state index contributed by atoms with van der Waals surface area (Å²) >= 11 is 11.8. The third-order valence-electron chi connectivity index (χ3n) is 2.06. The van der Waals surface area contributed by atoms with Crippen molar-refractivity contribution in [3.8, 4) is 6.07 Å². The van der Waals surface area contributed by atoms with Crippen molar-refractivity contribution in [3.63, 3.8) is 0 Å². The molecule has 0 fully saturated rings. The summed E-state index contributed by atoms with van der Waals surface area (Å²) in [7, 11) is 0. The summed E-state index contributed by atoms with van der Waals surface area (Å²) in [6.07, 6.45) is 1.56. The lowest BCUT2D eigenvalue weighted by molar-refractivity contribution is 1.26. The highest BCUT2D eigenvalue weighted by Crippen LogP contribution is 2.25. The summed E-state index contributed by atoms with van der Waals surface area (Å²) < 4.78 is 0. The molecule has 2 aromatic rings. The lowest BCUT2D eigenvalue weighted by atomic mass is 10.2. The van der Waals surface area contributed by atoms with Crippen LogP contribution in [0.25, 0.3) is 0 Å². The normalized spacial score (nSPS) is 9.71. The second-order valence-electron chi connectivity index (χ2n) is 3.29.